The molecule has 0 atom stereocenters. The zero-order chi connectivity index (χ0) is 17.5. The number of carbonyl (C=O) groups is 1. The van der Waals surface area contributed by atoms with Gasteiger partial charge >= 0.3 is 0 Å². The Morgan fingerprint density at radius 1 is 1.20 bits per heavy atom. The maximum Gasteiger partial charge on any atom is 0.251 e. The Balaban J connectivity index is 1.51. The van der Waals surface area contributed by atoms with E-state index in [1.165, 1.54) is 6.07 Å². The number of nitrogens with one attached hydrogen (secondary N) is 2. The van der Waals surface area contributed by atoms with Gasteiger partial charge in [-0.3, -0.25) is 4.79 Å². The quantitative estimate of drug-likeness (QED) is 0.768. The van der Waals surface area contributed by atoms with Crippen LogP contribution in [0.2, 0.25) is 0 Å². The van der Waals surface area contributed by atoms with E-state index >= 15 is 0 Å². The highest BCUT2D eigenvalue weighted by molar-refractivity contribution is 5.94. The van der Waals surface area contributed by atoms with E-state index in [4.69, 9.17) is 4.74 Å². The molecule has 0 spiro atoms. The lowest BCUT2D eigenvalue weighted by Crippen LogP contribution is -2.36. The van der Waals surface area contributed by atoms with Crippen LogP contribution in [-0.4, -0.2) is 55.3 Å². The molecule has 3 rings (SSSR count). The van der Waals surface area contributed by atoms with E-state index in [0.29, 0.717) is 56.6 Å². The predicted molar refractivity (Wildman–Crippen MR) is 92.3 cm³/mol. The van der Waals surface area contributed by atoms with Crippen LogP contribution in [0.4, 0.5) is 16.0 Å². The van der Waals surface area contributed by atoms with E-state index in [1.54, 1.807) is 30.6 Å². The summed E-state index contributed by atoms with van der Waals surface area (Å²) in [6.45, 7) is 3.32. The molecule has 0 radical (unpaired) electrons. The molecule has 1 aliphatic rings. The normalized spacial score (nSPS) is 14.2. The van der Waals surface area contributed by atoms with Crippen molar-refractivity contribution in [3.63, 3.8) is 0 Å². The van der Waals surface area contributed by atoms with Gasteiger partial charge in [0, 0.05) is 44.1 Å². The van der Waals surface area contributed by atoms with E-state index in [-0.39, 0.29) is 5.91 Å². The second-order valence-electron chi connectivity index (χ2n) is 5.52. The van der Waals surface area contributed by atoms with Crippen LogP contribution in [0.3, 0.4) is 0 Å². The van der Waals surface area contributed by atoms with Gasteiger partial charge in [0.2, 0.25) is 5.95 Å². The summed E-state index contributed by atoms with van der Waals surface area (Å²) in [7, 11) is 0. The molecule has 7 nitrogen and oxygen atoms in total. The van der Waals surface area contributed by atoms with Crippen LogP contribution in [0.25, 0.3) is 0 Å². The molecule has 2 N–H and O–H groups in total. The standard InChI is InChI=1S/C17H20FN5O2/c18-14-12-13(2-3-15(14)23-8-10-25-11-9-23)16(24)19-6-7-22-17-20-4-1-5-21-17/h1-5,12H,6-11H2,(H,19,24)(H,20,21,22). The van der Waals surface area contributed by atoms with Crippen molar-refractivity contribution in [2.75, 3.05) is 49.6 Å². The third-order valence-corrected chi connectivity index (χ3v) is 3.82. The number of aromatic nitrogens is 2. The number of halogens is 1. The third-order valence-electron chi connectivity index (χ3n) is 3.82. The summed E-state index contributed by atoms with van der Waals surface area (Å²) in [6.07, 6.45) is 3.26. The van der Waals surface area contributed by atoms with Crippen molar-refractivity contribution in [2.45, 2.75) is 0 Å². The van der Waals surface area contributed by atoms with Gasteiger partial charge in [-0.15, -0.1) is 0 Å². The number of anilines is 2. The van der Waals surface area contributed by atoms with Gasteiger partial charge in [0.25, 0.3) is 5.91 Å². The molecule has 0 saturated carbocycles. The minimum Gasteiger partial charge on any atom is -0.378 e. The van der Waals surface area contributed by atoms with E-state index in [9.17, 15) is 9.18 Å². The fraction of sp³-hybridized carbons (Fsp3) is 0.353. The lowest BCUT2D eigenvalue weighted by molar-refractivity contribution is 0.0954. The van der Waals surface area contributed by atoms with E-state index in [0.717, 1.165) is 0 Å². The van der Waals surface area contributed by atoms with Gasteiger partial charge in [0.1, 0.15) is 5.82 Å². The Morgan fingerprint density at radius 3 is 2.68 bits per heavy atom. The van der Waals surface area contributed by atoms with Crippen molar-refractivity contribution in [3.8, 4) is 0 Å². The number of benzene rings is 1. The Hall–Kier alpha value is -2.74. The molecule has 0 unspecified atom stereocenters. The van der Waals surface area contributed by atoms with Crippen molar-refractivity contribution < 1.29 is 13.9 Å². The van der Waals surface area contributed by atoms with Gasteiger partial charge in [-0.2, -0.15) is 0 Å². The van der Waals surface area contributed by atoms with Gasteiger partial charge < -0.3 is 20.3 Å². The van der Waals surface area contributed by atoms with Gasteiger partial charge in [0.15, 0.2) is 0 Å². The van der Waals surface area contributed by atoms with Crippen molar-refractivity contribution in [3.05, 3.63) is 48.0 Å². The van der Waals surface area contributed by atoms with E-state index in [1.807, 2.05) is 4.90 Å². The number of amides is 1. The second-order valence-corrected chi connectivity index (χ2v) is 5.52. The molecule has 132 valence electrons. The molecule has 2 aromatic rings. The van der Waals surface area contributed by atoms with Gasteiger partial charge in [-0.1, -0.05) is 0 Å². The molecule has 1 amide bonds. The van der Waals surface area contributed by atoms with Crippen LogP contribution in [0.5, 0.6) is 0 Å². The van der Waals surface area contributed by atoms with Gasteiger partial charge in [-0.05, 0) is 24.3 Å². The lowest BCUT2D eigenvalue weighted by Gasteiger charge is -2.29. The molecule has 25 heavy (non-hydrogen) atoms. The molecular formula is C17H20FN5O2. The molecule has 1 fully saturated rings. The maximum absolute atomic E-state index is 14.3. The zero-order valence-corrected chi connectivity index (χ0v) is 13.7. The number of hydrogen-bond donors (Lipinski definition) is 2. The summed E-state index contributed by atoms with van der Waals surface area (Å²) < 4.78 is 19.6. The Labute approximate surface area is 145 Å². The molecule has 0 aliphatic carbocycles. The van der Waals surface area contributed by atoms with Crippen LogP contribution in [0.15, 0.2) is 36.7 Å². The van der Waals surface area contributed by atoms with Crippen LogP contribution >= 0.6 is 0 Å². The molecular weight excluding hydrogens is 325 g/mol. The van der Waals surface area contributed by atoms with Crippen molar-refractivity contribution in [2.24, 2.45) is 0 Å². The molecule has 1 aromatic carbocycles. The van der Waals surface area contributed by atoms with Crippen molar-refractivity contribution >= 4 is 17.5 Å². The van der Waals surface area contributed by atoms with Crippen LogP contribution in [0.1, 0.15) is 10.4 Å². The van der Waals surface area contributed by atoms with E-state index in [2.05, 4.69) is 20.6 Å². The van der Waals surface area contributed by atoms with Crippen molar-refractivity contribution in [1.82, 2.24) is 15.3 Å². The minimum atomic E-state index is -0.398. The first-order valence-corrected chi connectivity index (χ1v) is 8.15. The summed E-state index contributed by atoms with van der Waals surface area (Å²) in [5, 5.41) is 5.72. The summed E-state index contributed by atoms with van der Waals surface area (Å²) in [5.74, 6) is -0.216. The minimum absolute atomic E-state index is 0.297. The fourth-order valence-electron chi connectivity index (χ4n) is 2.55. The predicted octanol–water partition coefficient (Wildman–Crippen LogP) is 1.29. The molecule has 1 saturated heterocycles. The highest BCUT2D eigenvalue weighted by Crippen LogP contribution is 2.21. The number of nitrogens with zero attached hydrogens (tertiary/aromatic N) is 3. The van der Waals surface area contributed by atoms with Crippen molar-refractivity contribution in [1.29, 1.82) is 0 Å². The summed E-state index contributed by atoms with van der Waals surface area (Å²) in [5.41, 5.74) is 0.799. The first kappa shape index (κ1) is 17.1. The molecule has 1 aliphatic heterocycles. The lowest BCUT2D eigenvalue weighted by atomic mass is 10.1. The number of rotatable bonds is 6. The van der Waals surface area contributed by atoms with E-state index < -0.39 is 5.82 Å². The number of morpholine rings is 1. The molecule has 2 heterocycles. The summed E-state index contributed by atoms with van der Waals surface area (Å²) in [6, 6.07) is 6.28. The first-order valence-electron chi connectivity index (χ1n) is 8.15. The number of carbonyl (C=O) groups excluding carboxylic acids is 1. The van der Waals surface area contributed by atoms with Gasteiger partial charge in [-0.25, -0.2) is 14.4 Å². The average molecular weight is 345 g/mol. The Kier molecular flexibility index (Phi) is 5.73. The third kappa shape index (κ3) is 4.63. The number of hydrogen-bond acceptors (Lipinski definition) is 6. The van der Waals surface area contributed by atoms with Gasteiger partial charge in [0.05, 0.1) is 18.9 Å². The molecule has 0 bridgehead atoms. The zero-order valence-electron chi connectivity index (χ0n) is 13.7. The highest BCUT2D eigenvalue weighted by atomic mass is 19.1. The Morgan fingerprint density at radius 2 is 1.96 bits per heavy atom. The highest BCUT2D eigenvalue weighted by Gasteiger charge is 2.16. The number of ether oxygens (including phenoxy) is 1. The average Bonchev–Trinajstić information content (AvgIpc) is 2.66. The first-order chi connectivity index (χ1) is 12.2. The second kappa shape index (κ2) is 8.39. The topological polar surface area (TPSA) is 79.4 Å². The smallest absolute Gasteiger partial charge is 0.251 e. The summed E-state index contributed by atoms with van der Waals surface area (Å²) in [4.78, 5) is 22.1. The van der Waals surface area contributed by atoms with Crippen LogP contribution < -0.4 is 15.5 Å². The largest absolute Gasteiger partial charge is 0.378 e. The molecule has 8 heteroatoms. The van der Waals surface area contributed by atoms with Crippen LogP contribution in [0, 0.1) is 5.82 Å². The maximum atomic E-state index is 14.3. The fourth-order valence-corrected chi connectivity index (χ4v) is 2.55. The monoisotopic (exact) mass is 345 g/mol. The Bertz CT molecular complexity index is 707. The summed E-state index contributed by atoms with van der Waals surface area (Å²) >= 11 is 0. The molecule has 1 aromatic heterocycles. The van der Waals surface area contributed by atoms with Crippen LogP contribution in [-0.2, 0) is 4.74 Å². The SMILES string of the molecule is O=C(NCCNc1ncccn1)c1ccc(N2CCOCC2)c(F)c1.